The van der Waals surface area contributed by atoms with Gasteiger partial charge in [0, 0.05) is 22.4 Å². The van der Waals surface area contributed by atoms with Crippen LogP contribution in [0.15, 0.2) is 41.0 Å². The Labute approximate surface area is 106 Å². The first-order valence-corrected chi connectivity index (χ1v) is 5.63. The first-order chi connectivity index (χ1) is 8.19. The molecule has 2 aromatic rings. The lowest BCUT2D eigenvalue weighted by molar-refractivity contribution is 0.628. The van der Waals surface area contributed by atoms with Crippen LogP contribution in [-0.2, 0) is 0 Å². The number of nitrogens with two attached hydrogens (primary N) is 1. The summed E-state index contributed by atoms with van der Waals surface area (Å²) in [6, 6.07) is 7.91. The maximum Gasteiger partial charge on any atom is 0.141 e. The molecule has 4 nitrogen and oxygen atoms in total. The SMILES string of the molecule is NNc1cc(Nc2cc(F)ccc2Br)ccn1. The Hall–Kier alpha value is -1.66. The van der Waals surface area contributed by atoms with Gasteiger partial charge in [-0.25, -0.2) is 15.2 Å². The van der Waals surface area contributed by atoms with E-state index in [0.717, 1.165) is 10.2 Å². The third-order valence-electron chi connectivity index (χ3n) is 2.12. The molecule has 0 unspecified atom stereocenters. The number of hydrogen-bond donors (Lipinski definition) is 3. The molecule has 1 heterocycles. The predicted octanol–water partition coefficient (Wildman–Crippen LogP) is 3.01. The van der Waals surface area contributed by atoms with Gasteiger partial charge in [-0.15, -0.1) is 0 Å². The summed E-state index contributed by atoms with van der Waals surface area (Å²) in [6.45, 7) is 0. The fourth-order valence-electron chi connectivity index (χ4n) is 1.34. The Bertz CT molecular complexity index is 533. The third-order valence-corrected chi connectivity index (χ3v) is 2.81. The lowest BCUT2D eigenvalue weighted by Crippen LogP contribution is -2.08. The van der Waals surface area contributed by atoms with Crippen molar-refractivity contribution in [1.29, 1.82) is 0 Å². The molecule has 0 bridgehead atoms. The van der Waals surface area contributed by atoms with Crippen LogP contribution < -0.4 is 16.6 Å². The van der Waals surface area contributed by atoms with Gasteiger partial charge in [-0.05, 0) is 40.2 Å². The molecule has 0 aliphatic carbocycles. The number of anilines is 3. The van der Waals surface area contributed by atoms with Crippen molar-refractivity contribution < 1.29 is 4.39 Å². The maximum atomic E-state index is 13.1. The van der Waals surface area contributed by atoms with Crippen molar-refractivity contribution in [3.05, 3.63) is 46.8 Å². The molecule has 6 heteroatoms. The van der Waals surface area contributed by atoms with Crippen LogP contribution >= 0.6 is 15.9 Å². The minimum atomic E-state index is -0.304. The van der Waals surface area contributed by atoms with Gasteiger partial charge in [-0.2, -0.15) is 0 Å². The van der Waals surface area contributed by atoms with Crippen LogP contribution in [0.3, 0.4) is 0 Å². The molecule has 0 amide bonds. The van der Waals surface area contributed by atoms with E-state index in [2.05, 4.69) is 31.7 Å². The average Bonchev–Trinajstić information content (AvgIpc) is 2.34. The van der Waals surface area contributed by atoms with Gasteiger partial charge < -0.3 is 10.7 Å². The molecule has 0 aliphatic rings. The first-order valence-electron chi connectivity index (χ1n) is 4.84. The number of aromatic nitrogens is 1. The van der Waals surface area contributed by atoms with E-state index in [1.807, 2.05) is 0 Å². The Balaban J connectivity index is 2.27. The Morgan fingerprint density at radius 2 is 2.06 bits per heavy atom. The van der Waals surface area contributed by atoms with Gasteiger partial charge in [0.25, 0.3) is 0 Å². The highest BCUT2D eigenvalue weighted by Gasteiger charge is 2.03. The summed E-state index contributed by atoms with van der Waals surface area (Å²) in [5, 5.41) is 3.07. The number of nitrogen functional groups attached to an aromatic ring is 1. The van der Waals surface area contributed by atoms with Crippen LogP contribution in [0.1, 0.15) is 0 Å². The topological polar surface area (TPSA) is 63.0 Å². The quantitative estimate of drug-likeness (QED) is 0.602. The molecule has 0 atom stereocenters. The van der Waals surface area contributed by atoms with E-state index >= 15 is 0 Å². The second-order valence-corrected chi connectivity index (χ2v) is 4.18. The largest absolute Gasteiger partial charge is 0.354 e. The van der Waals surface area contributed by atoms with E-state index in [4.69, 9.17) is 5.84 Å². The van der Waals surface area contributed by atoms with Gasteiger partial charge in [0.15, 0.2) is 0 Å². The highest BCUT2D eigenvalue weighted by Crippen LogP contribution is 2.26. The summed E-state index contributed by atoms with van der Waals surface area (Å²) in [4.78, 5) is 3.98. The molecule has 0 spiro atoms. The van der Waals surface area contributed by atoms with E-state index in [9.17, 15) is 4.39 Å². The zero-order valence-corrected chi connectivity index (χ0v) is 10.3. The summed E-state index contributed by atoms with van der Waals surface area (Å²) < 4.78 is 13.9. The zero-order chi connectivity index (χ0) is 12.3. The van der Waals surface area contributed by atoms with Crippen molar-refractivity contribution in [3.8, 4) is 0 Å². The molecule has 0 fully saturated rings. The molecular formula is C11H10BrFN4. The van der Waals surface area contributed by atoms with Crippen LogP contribution in [0.2, 0.25) is 0 Å². The van der Waals surface area contributed by atoms with Crippen LogP contribution in [0, 0.1) is 5.82 Å². The molecule has 17 heavy (non-hydrogen) atoms. The molecule has 1 aromatic heterocycles. The molecular weight excluding hydrogens is 287 g/mol. The van der Waals surface area contributed by atoms with Crippen molar-refractivity contribution in [2.45, 2.75) is 0 Å². The van der Waals surface area contributed by atoms with Gasteiger partial charge in [0.05, 0.1) is 5.69 Å². The van der Waals surface area contributed by atoms with Crippen molar-refractivity contribution in [3.63, 3.8) is 0 Å². The fourth-order valence-corrected chi connectivity index (χ4v) is 1.68. The number of benzene rings is 1. The molecule has 4 N–H and O–H groups in total. The monoisotopic (exact) mass is 296 g/mol. The maximum absolute atomic E-state index is 13.1. The van der Waals surface area contributed by atoms with Crippen molar-refractivity contribution in [2.75, 3.05) is 10.7 Å². The van der Waals surface area contributed by atoms with Crippen LogP contribution in [-0.4, -0.2) is 4.98 Å². The summed E-state index contributed by atoms with van der Waals surface area (Å²) in [5.41, 5.74) is 3.84. The first kappa shape index (κ1) is 11.8. The van der Waals surface area contributed by atoms with Gasteiger partial charge in [0.2, 0.25) is 0 Å². The van der Waals surface area contributed by atoms with E-state index < -0.39 is 0 Å². The Kier molecular flexibility index (Phi) is 3.55. The number of hydrogen-bond acceptors (Lipinski definition) is 4. The lowest BCUT2D eigenvalue weighted by atomic mass is 10.3. The summed E-state index contributed by atoms with van der Waals surface area (Å²) in [5.74, 6) is 5.48. The molecule has 1 aromatic carbocycles. The van der Waals surface area contributed by atoms with Gasteiger partial charge in [-0.1, -0.05) is 0 Å². The average molecular weight is 297 g/mol. The van der Waals surface area contributed by atoms with Crippen LogP contribution in [0.4, 0.5) is 21.6 Å². The van der Waals surface area contributed by atoms with Crippen molar-refractivity contribution in [2.24, 2.45) is 5.84 Å². The molecule has 88 valence electrons. The Morgan fingerprint density at radius 1 is 1.24 bits per heavy atom. The summed E-state index contributed by atoms with van der Waals surface area (Å²) in [7, 11) is 0. The predicted molar refractivity (Wildman–Crippen MR) is 69.4 cm³/mol. The highest BCUT2D eigenvalue weighted by atomic mass is 79.9. The minimum Gasteiger partial charge on any atom is -0.354 e. The van der Waals surface area contributed by atoms with E-state index in [-0.39, 0.29) is 5.82 Å². The molecule has 0 saturated carbocycles. The van der Waals surface area contributed by atoms with Crippen molar-refractivity contribution in [1.82, 2.24) is 4.98 Å². The summed E-state index contributed by atoms with van der Waals surface area (Å²) in [6.07, 6.45) is 1.60. The Morgan fingerprint density at radius 3 is 2.82 bits per heavy atom. The van der Waals surface area contributed by atoms with E-state index in [1.54, 1.807) is 24.4 Å². The van der Waals surface area contributed by atoms with Crippen LogP contribution in [0.25, 0.3) is 0 Å². The number of nitrogens with zero attached hydrogens (tertiary/aromatic N) is 1. The molecule has 0 radical (unpaired) electrons. The number of nitrogens with one attached hydrogen (secondary N) is 2. The normalized spacial score (nSPS) is 10.1. The second kappa shape index (κ2) is 5.11. The molecule has 2 rings (SSSR count). The third kappa shape index (κ3) is 2.92. The minimum absolute atomic E-state index is 0.304. The lowest BCUT2D eigenvalue weighted by Gasteiger charge is -2.09. The standard InChI is InChI=1S/C11H10BrFN4/c12-9-2-1-7(13)5-10(9)16-8-3-4-15-11(6-8)17-14/h1-6H,14H2,(H2,15,16,17). The molecule has 0 saturated heterocycles. The van der Waals surface area contributed by atoms with Crippen molar-refractivity contribution >= 4 is 33.1 Å². The van der Waals surface area contributed by atoms with Gasteiger partial charge >= 0.3 is 0 Å². The number of rotatable bonds is 3. The van der Waals surface area contributed by atoms with Crippen LogP contribution in [0.5, 0.6) is 0 Å². The van der Waals surface area contributed by atoms with E-state index in [0.29, 0.717) is 11.5 Å². The van der Waals surface area contributed by atoms with Gasteiger partial charge in [0.1, 0.15) is 11.6 Å². The van der Waals surface area contributed by atoms with E-state index in [1.165, 1.54) is 12.1 Å². The number of hydrazine groups is 1. The van der Waals surface area contributed by atoms with Gasteiger partial charge in [-0.3, -0.25) is 0 Å². The fraction of sp³-hybridized carbons (Fsp3) is 0. The number of pyridine rings is 1. The summed E-state index contributed by atoms with van der Waals surface area (Å²) >= 11 is 3.34. The highest BCUT2D eigenvalue weighted by molar-refractivity contribution is 9.10. The second-order valence-electron chi connectivity index (χ2n) is 3.32. The zero-order valence-electron chi connectivity index (χ0n) is 8.74. The molecule has 0 aliphatic heterocycles. The smallest absolute Gasteiger partial charge is 0.141 e. The number of halogens is 2.